The quantitative estimate of drug-likeness (QED) is 0.691. The van der Waals surface area contributed by atoms with Crippen LogP contribution in [0.5, 0.6) is 0 Å². The van der Waals surface area contributed by atoms with Gasteiger partial charge in [-0.25, -0.2) is 0 Å². The first-order valence-electron chi connectivity index (χ1n) is 7.75. The van der Waals surface area contributed by atoms with E-state index in [0.29, 0.717) is 5.75 Å². The molecule has 0 saturated heterocycles. The van der Waals surface area contributed by atoms with E-state index in [4.69, 9.17) is 0 Å². The van der Waals surface area contributed by atoms with Gasteiger partial charge in [0.2, 0.25) is 5.91 Å². The molecule has 1 N–H and O–H groups in total. The number of amides is 1. The number of benzene rings is 2. The summed E-state index contributed by atoms with van der Waals surface area (Å²) in [5.41, 5.74) is 2.08. The summed E-state index contributed by atoms with van der Waals surface area (Å²) in [6, 6.07) is 23.6. The highest BCUT2D eigenvalue weighted by Gasteiger charge is 2.16. The fraction of sp³-hybridized carbons (Fsp3) is 0.100. The van der Waals surface area contributed by atoms with Crippen LogP contribution in [0.4, 0.5) is 0 Å². The monoisotopic (exact) mass is 334 g/mol. The summed E-state index contributed by atoms with van der Waals surface area (Å²) in [5.74, 6) is 0.396. The van der Waals surface area contributed by atoms with Crippen LogP contribution in [-0.4, -0.2) is 16.6 Å². The van der Waals surface area contributed by atoms with Crippen molar-refractivity contribution in [2.75, 3.05) is 5.75 Å². The highest BCUT2D eigenvalue weighted by atomic mass is 32.2. The molecule has 0 aliphatic carbocycles. The average Bonchev–Trinajstić information content (AvgIpc) is 2.67. The van der Waals surface area contributed by atoms with Gasteiger partial charge in [-0.15, -0.1) is 11.8 Å². The van der Waals surface area contributed by atoms with Crippen LogP contribution in [0.1, 0.15) is 17.2 Å². The molecule has 0 bridgehead atoms. The van der Waals surface area contributed by atoms with Crippen molar-refractivity contribution in [3.8, 4) is 0 Å². The second-order valence-electron chi connectivity index (χ2n) is 5.29. The largest absolute Gasteiger partial charge is 0.344 e. The van der Waals surface area contributed by atoms with Crippen molar-refractivity contribution >= 4 is 17.7 Å². The van der Waals surface area contributed by atoms with Crippen molar-refractivity contribution in [1.29, 1.82) is 0 Å². The molecule has 0 aliphatic heterocycles. The molecule has 1 atom stereocenters. The van der Waals surface area contributed by atoms with Gasteiger partial charge in [0.05, 0.1) is 11.8 Å². The topological polar surface area (TPSA) is 42.0 Å². The van der Waals surface area contributed by atoms with E-state index < -0.39 is 0 Å². The van der Waals surface area contributed by atoms with Gasteiger partial charge in [0.15, 0.2) is 0 Å². The number of hydrogen-bond acceptors (Lipinski definition) is 3. The van der Waals surface area contributed by atoms with Gasteiger partial charge in [0, 0.05) is 17.3 Å². The van der Waals surface area contributed by atoms with Crippen LogP contribution in [0.2, 0.25) is 0 Å². The maximum absolute atomic E-state index is 12.4. The van der Waals surface area contributed by atoms with E-state index in [1.807, 2.05) is 72.8 Å². The Morgan fingerprint density at radius 1 is 0.875 bits per heavy atom. The van der Waals surface area contributed by atoms with E-state index >= 15 is 0 Å². The summed E-state index contributed by atoms with van der Waals surface area (Å²) in [4.78, 5) is 17.6. The molecule has 3 rings (SSSR count). The van der Waals surface area contributed by atoms with E-state index in [0.717, 1.165) is 16.0 Å². The molecule has 0 spiro atoms. The minimum Gasteiger partial charge on any atom is -0.344 e. The minimum absolute atomic E-state index is 0.00881. The predicted octanol–water partition coefficient (Wildman–Crippen LogP) is 4.08. The number of nitrogens with zero attached hydrogens (tertiary/aromatic N) is 1. The Morgan fingerprint density at radius 3 is 2.12 bits per heavy atom. The van der Waals surface area contributed by atoms with Crippen molar-refractivity contribution in [2.24, 2.45) is 0 Å². The molecule has 4 heteroatoms. The maximum atomic E-state index is 12.4. The summed E-state index contributed by atoms with van der Waals surface area (Å²) >= 11 is 1.54. The number of nitrogens with one attached hydrogen (secondary N) is 1. The van der Waals surface area contributed by atoms with Gasteiger partial charge in [-0.1, -0.05) is 48.5 Å². The number of pyridine rings is 1. The number of carbonyl (C=O) groups excluding carboxylic acids is 1. The fourth-order valence-corrected chi connectivity index (χ4v) is 3.16. The second kappa shape index (κ2) is 8.31. The van der Waals surface area contributed by atoms with Crippen LogP contribution in [0, 0.1) is 0 Å². The Bertz CT molecular complexity index is 724. The third-order valence-electron chi connectivity index (χ3n) is 3.59. The number of carbonyl (C=O) groups is 1. The van der Waals surface area contributed by atoms with Gasteiger partial charge >= 0.3 is 0 Å². The third kappa shape index (κ3) is 4.46. The molecule has 0 aliphatic rings. The molecule has 1 unspecified atom stereocenters. The summed E-state index contributed by atoms with van der Waals surface area (Å²) in [5, 5.41) is 3.13. The van der Waals surface area contributed by atoms with Crippen LogP contribution in [0.25, 0.3) is 0 Å². The van der Waals surface area contributed by atoms with Crippen LogP contribution in [0.15, 0.2) is 90.1 Å². The van der Waals surface area contributed by atoms with Crippen molar-refractivity contribution < 1.29 is 4.79 Å². The molecule has 1 aromatic heterocycles. The fourth-order valence-electron chi connectivity index (χ4n) is 2.43. The first kappa shape index (κ1) is 16.3. The molecule has 3 aromatic rings. The molecule has 1 heterocycles. The minimum atomic E-state index is -0.168. The molecule has 120 valence electrons. The lowest BCUT2D eigenvalue weighted by Crippen LogP contribution is -2.30. The lowest BCUT2D eigenvalue weighted by Gasteiger charge is -2.19. The SMILES string of the molecule is O=C(CSc1ccccc1)NC(c1ccccc1)c1ccncc1. The number of thioether (sulfide) groups is 1. The van der Waals surface area contributed by atoms with Crippen molar-refractivity contribution in [1.82, 2.24) is 10.3 Å². The molecular weight excluding hydrogens is 316 g/mol. The van der Waals surface area contributed by atoms with Gasteiger partial charge in [0.25, 0.3) is 0 Å². The van der Waals surface area contributed by atoms with Crippen molar-refractivity contribution in [3.05, 3.63) is 96.3 Å². The first-order valence-corrected chi connectivity index (χ1v) is 8.73. The van der Waals surface area contributed by atoms with Crippen LogP contribution >= 0.6 is 11.8 Å². The molecule has 0 radical (unpaired) electrons. The smallest absolute Gasteiger partial charge is 0.231 e. The average molecular weight is 334 g/mol. The number of rotatable bonds is 6. The lowest BCUT2D eigenvalue weighted by molar-refractivity contribution is -0.119. The Hall–Kier alpha value is -2.59. The lowest BCUT2D eigenvalue weighted by atomic mass is 10.00. The van der Waals surface area contributed by atoms with Gasteiger partial charge in [-0.05, 0) is 35.4 Å². The number of hydrogen-bond donors (Lipinski definition) is 1. The molecule has 24 heavy (non-hydrogen) atoms. The van der Waals surface area contributed by atoms with Gasteiger partial charge in [-0.2, -0.15) is 0 Å². The highest BCUT2D eigenvalue weighted by Crippen LogP contribution is 2.22. The predicted molar refractivity (Wildman–Crippen MR) is 97.8 cm³/mol. The Morgan fingerprint density at radius 2 is 1.46 bits per heavy atom. The summed E-state index contributed by atoms with van der Waals surface area (Å²) in [6.07, 6.45) is 3.49. The standard InChI is InChI=1S/C20H18N2OS/c23-19(15-24-18-9-5-2-6-10-18)22-20(16-7-3-1-4-8-16)17-11-13-21-14-12-17/h1-14,20H,15H2,(H,22,23). The molecule has 1 amide bonds. The van der Waals surface area contributed by atoms with E-state index in [9.17, 15) is 4.79 Å². The third-order valence-corrected chi connectivity index (χ3v) is 4.60. The highest BCUT2D eigenvalue weighted by molar-refractivity contribution is 8.00. The second-order valence-corrected chi connectivity index (χ2v) is 6.34. The Kier molecular flexibility index (Phi) is 5.64. The zero-order valence-electron chi connectivity index (χ0n) is 13.1. The van der Waals surface area contributed by atoms with Crippen molar-refractivity contribution in [3.63, 3.8) is 0 Å². The van der Waals surface area contributed by atoms with Crippen LogP contribution in [-0.2, 0) is 4.79 Å². The van der Waals surface area contributed by atoms with Crippen LogP contribution in [0.3, 0.4) is 0 Å². The zero-order valence-corrected chi connectivity index (χ0v) is 13.9. The zero-order chi connectivity index (χ0) is 16.6. The van der Waals surface area contributed by atoms with E-state index in [1.165, 1.54) is 11.8 Å². The first-order chi connectivity index (χ1) is 11.8. The molecule has 0 saturated carbocycles. The molecule has 2 aromatic carbocycles. The van der Waals surface area contributed by atoms with E-state index in [-0.39, 0.29) is 11.9 Å². The summed E-state index contributed by atoms with van der Waals surface area (Å²) in [7, 11) is 0. The molecular formula is C20H18N2OS. The Balaban J connectivity index is 1.71. The van der Waals surface area contributed by atoms with Gasteiger partial charge in [0.1, 0.15) is 0 Å². The summed E-state index contributed by atoms with van der Waals surface area (Å²) < 4.78 is 0. The van der Waals surface area contributed by atoms with Crippen LogP contribution < -0.4 is 5.32 Å². The molecule has 0 fully saturated rings. The van der Waals surface area contributed by atoms with Gasteiger partial charge in [-0.3, -0.25) is 9.78 Å². The summed E-state index contributed by atoms with van der Waals surface area (Å²) in [6.45, 7) is 0. The maximum Gasteiger partial charge on any atom is 0.231 e. The van der Waals surface area contributed by atoms with Crippen molar-refractivity contribution in [2.45, 2.75) is 10.9 Å². The van der Waals surface area contributed by atoms with E-state index in [2.05, 4.69) is 10.3 Å². The molecule has 3 nitrogen and oxygen atoms in total. The number of aromatic nitrogens is 1. The normalized spacial score (nSPS) is 11.7. The van der Waals surface area contributed by atoms with Gasteiger partial charge < -0.3 is 5.32 Å². The Labute approximate surface area is 146 Å². The van der Waals surface area contributed by atoms with E-state index in [1.54, 1.807) is 12.4 Å².